The third kappa shape index (κ3) is 4.87. The van der Waals surface area contributed by atoms with E-state index in [0.29, 0.717) is 63.6 Å². The molecule has 0 unspecified atom stereocenters. The van der Waals surface area contributed by atoms with Gasteiger partial charge in [-0.2, -0.15) is 0 Å². The van der Waals surface area contributed by atoms with Crippen LogP contribution in [0.2, 0.25) is 5.02 Å². The van der Waals surface area contributed by atoms with Crippen molar-refractivity contribution in [3.63, 3.8) is 0 Å². The lowest BCUT2D eigenvalue weighted by molar-refractivity contribution is -0.123. The molecule has 4 heterocycles. The van der Waals surface area contributed by atoms with Crippen molar-refractivity contribution in [3.05, 3.63) is 76.1 Å². The standard InChI is InChI=1S/C32H31ClFN5O4/c1-32(31(35)41)15-43-28-21(32)11-24(37-27(28)18-7-8-23(34)22(33)9-18)20(16-3-4-16)12-36-30(40)19-10-26(42-2)29-38-25(17-5-6-17)14-39(29)13-19/h7-11,13-14,16-17,20H,3-6,12,15H2,1-2H3,(H2,35,41)(H,36,40)/t20-,32-/m0/s1. The number of nitrogens with two attached hydrogens (primary N) is 1. The Morgan fingerprint density at radius 2 is 2.00 bits per heavy atom. The highest BCUT2D eigenvalue weighted by Gasteiger charge is 2.45. The van der Waals surface area contributed by atoms with Crippen LogP contribution in [0.25, 0.3) is 16.9 Å². The van der Waals surface area contributed by atoms with Crippen LogP contribution >= 0.6 is 11.6 Å². The smallest absolute Gasteiger partial charge is 0.252 e. The second-order valence-electron chi connectivity index (χ2n) is 12.0. The van der Waals surface area contributed by atoms with Crippen molar-refractivity contribution in [2.24, 2.45) is 11.7 Å². The minimum atomic E-state index is -1.07. The van der Waals surface area contributed by atoms with Gasteiger partial charge in [-0.05, 0) is 68.9 Å². The first-order valence-electron chi connectivity index (χ1n) is 14.4. The number of carbonyl (C=O) groups excluding carboxylic acids is 2. The summed E-state index contributed by atoms with van der Waals surface area (Å²) in [6, 6.07) is 7.93. The van der Waals surface area contributed by atoms with Crippen molar-refractivity contribution in [1.82, 2.24) is 19.7 Å². The molecule has 1 aliphatic heterocycles. The molecule has 9 nitrogen and oxygen atoms in total. The van der Waals surface area contributed by atoms with Gasteiger partial charge in [0.15, 0.2) is 11.4 Å². The summed E-state index contributed by atoms with van der Waals surface area (Å²) in [5.41, 5.74) is 9.27. The summed E-state index contributed by atoms with van der Waals surface area (Å²) >= 11 is 6.12. The predicted molar refractivity (Wildman–Crippen MR) is 158 cm³/mol. The molecule has 0 bridgehead atoms. The third-order valence-electron chi connectivity index (χ3n) is 8.90. The van der Waals surface area contributed by atoms with Crippen LogP contribution in [0.3, 0.4) is 0 Å². The zero-order chi connectivity index (χ0) is 30.0. The number of nitrogens with zero attached hydrogens (tertiary/aromatic N) is 3. The molecule has 3 N–H and O–H groups in total. The molecule has 3 aliphatic rings. The monoisotopic (exact) mass is 603 g/mol. The lowest BCUT2D eigenvalue weighted by Gasteiger charge is -2.22. The first-order valence-corrected chi connectivity index (χ1v) is 14.8. The number of carbonyl (C=O) groups is 2. The molecule has 7 rings (SSSR count). The number of nitrogens with one attached hydrogen (secondary N) is 1. The molecule has 2 aliphatic carbocycles. The lowest BCUT2D eigenvalue weighted by atomic mass is 9.82. The van der Waals surface area contributed by atoms with E-state index >= 15 is 0 Å². The number of hydrogen-bond acceptors (Lipinski definition) is 6. The van der Waals surface area contributed by atoms with Gasteiger partial charge < -0.3 is 24.9 Å². The van der Waals surface area contributed by atoms with Gasteiger partial charge in [0.25, 0.3) is 5.91 Å². The van der Waals surface area contributed by atoms with E-state index < -0.39 is 17.1 Å². The normalized spacial score (nSPS) is 20.0. The fourth-order valence-electron chi connectivity index (χ4n) is 5.89. The van der Waals surface area contributed by atoms with Crippen LogP contribution in [0.5, 0.6) is 11.5 Å². The number of pyridine rings is 2. The highest BCUT2D eigenvalue weighted by Crippen LogP contribution is 2.48. The number of aromatic nitrogens is 3. The van der Waals surface area contributed by atoms with Gasteiger partial charge in [0.1, 0.15) is 29.3 Å². The molecule has 2 amide bonds. The fourth-order valence-corrected chi connectivity index (χ4v) is 6.07. The van der Waals surface area contributed by atoms with Gasteiger partial charge in [-0.25, -0.2) is 14.4 Å². The van der Waals surface area contributed by atoms with Crippen LogP contribution in [-0.2, 0) is 10.2 Å². The van der Waals surface area contributed by atoms with Gasteiger partial charge in [-0.3, -0.25) is 9.59 Å². The van der Waals surface area contributed by atoms with E-state index in [2.05, 4.69) is 5.32 Å². The van der Waals surface area contributed by atoms with Crippen molar-refractivity contribution in [2.75, 3.05) is 20.3 Å². The van der Waals surface area contributed by atoms with Gasteiger partial charge in [-0.1, -0.05) is 11.6 Å². The summed E-state index contributed by atoms with van der Waals surface area (Å²) in [5, 5.41) is 3.06. The topological polar surface area (TPSA) is 121 Å². The SMILES string of the molecule is COc1cc(C(=O)NC[C@H](c2cc3c(c(-c4ccc(F)c(Cl)c4)n2)OC[C@]3(C)C(N)=O)C2CC2)cn2cc(C3CC3)nc12. The molecule has 0 radical (unpaired) electrons. The van der Waals surface area contributed by atoms with Crippen molar-refractivity contribution >= 4 is 29.1 Å². The van der Waals surface area contributed by atoms with Gasteiger partial charge in [0, 0.05) is 47.6 Å². The van der Waals surface area contributed by atoms with Crippen molar-refractivity contribution in [2.45, 2.75) is 49.9 Å². The number of rotatable bonds is 9. The van der Waals surface area contributed by atoms with Crippen LogP contribution in [0.15, 0.2) is 42.7 Å². The quantitative estimate of drug-likeness (QED) is 0.273. The first kappa shape index (κ1) is 27.6. The summed E-state index contributed by atoms with van der Waals surface area (Å²) in [7, 11) is 1.57. The largest absolute Gasteiger partial charge is 0.493 e. The minimum Gasteiger partial charge on any atom is -0.493 e. The third-order valence-corrected chi connectivity index (χ3v) is 9.19. The Bertz CT molecular complexity index is 1800. The second kappa shape index (κ2) is 10.2. The first-order chi connectivity index (χ1) is 20.7. The molecule has 2 atom stereocenters. The number of imidazole rings is 1. The van der Waals surface area contributed by atoms with Gasteiger partial charge >= 0.3 is 0 Å². The minimum absolute atomic E-state index is 0.0466. The molecular formula is C32H31ClFN5O4. The number of hydrogen-bond donors (Lipinski definition) is 2. The maximum Gasteiger partial charge on any atom is 0.252 e. The molecule has 1 aromatic carbocycles. The molecule has 4 aromatic rings. The van der Waals surface area contributed by atoms with Crippen LogP contribution in [0.4, 0.5) is 4.39 Å². The van der Waals surface area contributed by atoms with Crippen LogP contribution < -0.4 is 20.5 Å². The zero-order valence-electron chi connectivity index (χ0n) is 23.8. The van der Waals surface area contributed by atoms with E-state index in [4.69, 9.17) is 36.8 Å². The summed E-state index contributed by atoms with van der Waals surface area (Å²) in [6.07, 6.45) is 7.96. The highest BCUT2D eigenvalue weighted by atomic mass is 35.5. The molecule has 2 fully saturated rings. The average Bonchev–Trinajstić information content (AvgIpc) is 3.94. The lowest BCUT2D eigenvalue weighted by Crippen LogP contribution is -2.40. The maximum atomic E-state index is 14.0. The van der Waals surface area contributed by atoms with Crippen molar-refractivity contribution in [3.8, 4) is 22.8 Å². The van der Waals surface area contributed by atoms with Gasteiger partial charge in [0.05, 0.1) is 23.4 Å². The van der Waals surface area contributed by atoms with Crippen LogP contribution in [0.1, 0.15) is 71.8 Å². The molecule has 0 spiro atoms. The molecule has 3 aromatic heterocycles. The summed E-state index contributed by atoms with van der Waals surface area (Å²) < 4.78 is 27.4. The Balaban J connectivity index is 1.22. The predicted octanol–water partition coefficient (Wildman–Crippen LogP) is 5.13. The van der Waals surface area contributed by atoms with E-state index in [-0.39, 0.29) is 23.5 Å². The fraction of sp³-hybridized carbons (Fsp3) is 0.375. The molecule has 2 saturated carbocycles. The zero-order valence-corrected chi connectivity index (χ0v) is 24.6. The Morgan fingerprint density at radius 3 is 2.67 bits per heavy atom. The number of amides is 2. The highest BCUT2D eigenvalue weighted by molar-refractivity contribution is 6.31. The van der Waals surface area contributed by atoms with Crippen LogP contribution in [-0.4, -0.2) is 46.4 Å². The van der Waals surface area contributed by atoms with Gasteiger partial charge in [-0.15, -0.1) is 0 Å². The Morgan fingerprint density at radius 1 is 1.21 bits per heavy atom. The molecule has 222 valence electrons. The number of methoxy groups -OCH3 is 1. The van der Waals surface area contributed by atoms with Crippen LogP contribution in [0, 0.1) is 11.7 Å². The van der Waals surface area contributed by atoms with E-state index in [0.717, 1.165) is 31.4 Å². The number of fused-ring (bicyclic) bond motifs is 2. The number of halogens is 2. The van der Waals surface area contributed by atoms with E-state index in [9.17, 15) is 14.0 Å². The number of primary amides is 1. The molecule has 0 saturated heterocycles. The average molecular weight is 604 g/mol. The summed E-state index contributed by atoms with van der Waals surface area (Å²) in [6.45, 7) is 2.13. The van der Waals surface area contributed by atoms with E-state index in [1.54, 1.807) is 32.4 Å². The Kier molecular flexibility index (Phi) is 6.57. The Labute approximate surface area is 252 Å². The van der Waals surface area contributed by atoms with Crippen molar-refractivity contribution in [1.29, 1.82) is 0 Å². The molecular weight excluding hydrogens is 573 g/mol. The number of ether oxygens (including phenoxy) is 2. The van der Waals surface area contributed by atoms with Crippen molar-refractivity contribution < 1.29 is 23.5 Å². The van der Waals surface area contributed by atoms with E-state index in [1.165, 1.54) is 12.1 Å². The second-order valence-corrected chi connectivity index (χ2v) is 12.4. The maximum absolute atomic E-state index is 14.0. The Hall–Kier alpha value is -4.18. The van der Waals surface area contributed by atoms with Gasteiger partial charge in [0.2, 0.25) is 5.91 Å². The number of benzene rings is 1. The molecule has 43 heavy (non-hydrogen) atoms. The summed E-state index contributed by atoms with van der Waals surface area (Å²) in [5.74, 6) is 0.282. The van der Waals surface area contributed by atoms with E-state index in [1.807, 2.05) is 16.7 Å². The summed E-state index contributed by atoms with van der Waals surface area (Å²) in [4.78, 5) is 35.8. The molecule has 11 heteroatoms.